The molecular formula is C13H23F3N2. The molecule has 0 aliphatic heterocycles. The van der Waals surface area contributed by atoms with Gasteiger partial charge in [-0.2, -0.15) is 13.2 Å². The van der Waals surface area contributed by atoms with Crippen molar-refractivity contribution in [3.8, 4) is 0 Å². The van der Waals surface area contributed by atoms with Gasteiger partial charge in [0.2, 0.25) is 0 Å². The van der Waals surface area contributed by atoms with Crippen molar-refractivity contribution in [1.29, 1.82) is 0 Å². The number of halogens is 3. The zero-order valence-electron chi connectivity index (χ0n) is 10.7. The van der Waals surface area contributed by atoms with Crippen LogP contribution < -0.4 is 11.3 Å². The number of alkyl halides is 3. The first-order chi connectivity index (χ1) is 8.50. The van der Waals surface area contributed by atoms with Gasteiger partial charge in [-0.3, -0.25) is 11.3 Å². The van der Waals surface area contributed by atoms with Gasteiger partial charge in [0, 0.05) is 6.04 Å². The van der Waals surface area contributed by atoms with Gasteiger partial charge in [0.25, 0.3) is 0 Å². The first kappa shape index (κ1) is 14.1. The van der Waals surface area contributed by atoms with Crippen LogP contribution >= 0.6 is 0 Å². The van der Waals surface area contributed by atoms with E-state index in [4.69, 9.17) is 5.84 Å². The molecule has 2 rings (SSSR count). The fourth-order valence-corrected chi connectivity index (χ4v) is 3.33. The van der Waals surface area contributed by atoms with E-state index in [1.54, 1.807) is 0 Å². The van der Waals surface area contributed by atoms with E-state index in [1.165, 1.54) is 19.3 Å². The first-order valence-corrected chi connectivity index (χ1v) is 7.03. The molecule has 0 aromatic carbocycles. The van der Waals surface area contributed by atoms with Gasteiger partial charge in [0.1, 0.15) is 0 Å². The molecule has 0 bridgehead atoms. The van der Waals surface area contributed by atoms with Crippen molar-refractivity contribution in [1.82, 2.24) is 5.43 Å². The second kappa shape index (κ2) is 5.78. The van der Waals surface area contributed by atoms with Crippen LogP contribution in [-0.2, 0) is 0 Å². The van der Waals surface area contributed by atoms with Gasteiger partial charge in [-0.05, 0) is 43.9 Å². The smallest absolute Gasteiger partial charge is 0.271 e. The lowest BCUT2D eigenvalue weighted by molar-refractivity contribution is -0.184. The summed E-state index contributed by atoms with van der Waals surface area (Å²) in [6.07, 6.45) is 2.71. The molecule has 2 aliphatic rings. The Morgan fingerprint density at radius 3 is 2.06 bits per heavy atom. The van der Waals surface area contributed by atoms with Gasteiger partial charge in [0.15, 0.2) is 0 Å². The van der Waals surface area contributed by atoms with E-state index >= 15 is 0 Å². The largest absolute Gasteiger partial charge is 0.391 e. The molecule has 0 heterocycles. The lowest BCUT2D eigenvalue weighted by atomic mass is 9.73. The predicted molar refractivity (Wildman–Crippen MR) is 64.6 cm³/mol. The molecule has 1 atom stereocenters. The number of hydrogen-bond acceptors (Lipinski definition) is 2. The van der Waals surface area contributed by atoms with E-state index in [9.17, 15) is 13.2 Å². The molecule has 2 fully saturated rings. The van der Waals surface area contributed by atoms with Crippen LogP contribution in [0.3, 0.4) is 0 Å². The minimum Gasteiger partial charge on any atom is -0.271 e. The Balaban J connectivity index is 1.79. The Kier molecular flexibility index (Phi) is 4.54. The van der Waals surface area contributed by atoms with Crippen molar-refractivity contribution >= 4 is 0 Å². The molecule has 0 saturated heterocycles. The summed E-state index contributed by atoms with van der Waals surface area (Å²) in [7, 11) is 0. The molecule has 3 N–H and O–H groups in total. The third-order valence-corrected chi connectivity index (χ3v) is 4.83. The van der Waals surface area contributed by atoms with Crippen molar-refractivity contribution < 1.29 is 13.2 Å². The second-order valence-electron chi connectivity index (χ2n) is 5.96. The average molecular weight is 264 g/mol. The third kappa shape index (κ3) is 3.38. The van der Waals surface area contributed by atoms with Crippen molar-refractivity contribution in [3.05, 3.63) is 0 Å². The number of hydrogen-bond donors (Lipinski definition) is 2. The number of nitrogens with one attached hydrogen (secondary N) is 1. The molecule has 0 aromatic heterocycles. The molecular weight excluding hydrogens is 241 g/mol. The van der Waals surface area contributed by atoms with Gasteiger partial charge in [-0.25, -0.2) is 0 Å². The highest BCUT2D eigenvalue weighted by Crippen LogP contribution is 2.42. The van der Waals surface area contributed by atoms with Crippen LogP contribution in [0.15, 0.2) is 0 Å². The van der Waals surface area contributed by atoms with Gasteiger partial charge >= 0.3 is 6.18 Å². The van der Waals surface area contributed by atoms with Crippen LogP contribution in [0.25, 0.3) is 0 Å². The monoisotopic (exact) mass is 264 g/mol. The predicted octanol–water partition coefficient (Wildman–Crippen LogP) is 3.38. The second-order valence-corrected chi connectivity index (χ2v) is 5.96. The summed E-state index contributed by atoms with van der Waals surface area (Å²) < 4.78 is 37.8. The third-order valence-electron chi connectivity index (χ3n) is 4.83. The molecule has 0 spiro atoms. The molecule has 5 heteroatoms. The maximum Gasteiger partial charge on any atom is 0.391 e. The van der Waals surface area contributed by atoms with Crippen LogP contribution in [0.4, 0.5) is 13.2 Å². The highest BCUT2D eigenvalue weighted by Gasteiger charge is 2.42. The molecule has 2 nitrogen and oxygen atoms in total. The van der Waals surface area contributed by atoms with Crippen molar-refractivity contribution in [2.45, 2.75) is 63.6 Å². The average Bonchev–Trinajstić information content (AvgIpc) is 2.27. The SMILES string of the molecule is NNC(CC1CCC1)C1CCC(C(F)(F)F)CC1. The summed E-state index contributed by atoms with van der Waals surface area (Å²) in [6, 6.07) is 0.212. The minimum atomic E-state index is -4.01. The van der Waals surface area contributed by atoms with Gasteiger partial charge in [-0.1, -0.05) is 19.3 Å². The van der Waals surface area contributed by atoms with E-state index in [0.29, 0.717) is 18.8 Å². The maximum absolute atomic E-state index is 12.6. The van der Waals surface area contributed by atoms with Gasteiger partial charge in [-0.15, -0.1) is 0 Å². The summed E-state index contributed by atoms with van der Waals surface area (Å²) >= 11 is 0. The highest BCUT2D eigenvalue weighted by atomic mass is 19.4. The summed E-state index contributed by atoms with van der Waals surface area (Å²) in [5.41, 5.74) is 2.84. The Hall–Kier alpha value is -0.290. The zero-order chi connectivity index (χ0) is 13.2. The molecule has 0 aromatic rings. The Labute approximate surface area is 106 Å². The van der Waals surface area contributed by atoms with Crippen LogP contribution in [0.5, 0.6) is 0 Å². The fraction of sp³-hybridized carbons (Fsp3) is 1.00. The Morgan fingerprint density at radius 2 is 1.67 bits per heavy atom. The van der Waals surface area contributed by atoms with Crippen molar-refractivity contribution in [2.75, 3.05) is 0 Å². The Morgan fingerprint density at radius 1 is 1.06 bits per heavy atom. The summed E-state index contributed by atoms with van der Waals surface area (Å²) in [5.74, 6) is 5.56. The van der Waals surface area contributed by atoms with Crippen LogP contribution in [0, 0.1) is 17.8 Å². The quantitative estimate of drug-likeness (QED) is 0.603. The van der Waals surface area contributed by atoms with Crippen LogP contribution in [-0.4, -0.2) is 12.2 Å². The lowest BCUT2D eigenvalue weighted by Gasteiger charge is -2.37. The summed E-state index contributed by atoms with van der Waals surface area (Å²) in [6.45, 7) is 0. The summed E-state index contributed by atoms with van der Waals surface area (Å²) in [4.78, 5) is 0. The van der Waals surface area contributed by atoms with E-state index in [1.807, 2.05) is 0 Å². The lowest BCUT2D eigenvalue weighted by Crippen LogP contribution is -2.44. The molecule has 0 amide bonds. The van der Waals surface area contributed by atoms with E-state index in [-0.39, 0.29) is 18.9 Å². The highest BCUT2D eigenvalue weighted by molar-refractivity contribution is 4.86. The maximum atomic E-state index is 12.6. The normalized spacial score (nSPS) is 32.0. The van der Waals surface area contributed by atoms with E-state index in [2.05, 4.69) is 5.43 Å². The molecule has 0 radical (unpaired) electrons. The number of rotatable bonds is 4. The molecule has 2 aliphatic carbocycles. The minimum absolute atomic E-state index is 0.212. The van der Waals surface area contributed by atoms with Gasteiger partial charge < -0.3 is 0 Å². The zero-order valence-corrected chi connectivity index (χ0v) is 10.7. The van der Waals surface area contributed by atoms with Crippen molar-refractivity contribution in [2.24, 2.45) is 23.6 Å². The van der Waals surface area contributed by atoms with E-state index < -0.39 is 12.1 Å². The molecule has 2 saturated carbocycles. The van der Waals surface area contributed by atoms with Gasteiger partial charge in [0.05, 0.1) is 5.92 Å². The first-order valence-electron chi connectivity index (χ1n) is 7.03. The van der Waals surface area contributed by atoms with Crippen LogP contribution in [0.2, 0.25) is 0 Å². The van der Waals surface area contributed by atoms with Crippen molar-refractivity contribution in [3.63, 3.8) is 0 Å². The van der Waals surface area contributed by atoms with E-state index in [0.717, 1.165) is 12.3 Å². The molecule has 106 valence electrons. The topological polar surface area (TPSA) is 38.0 Å². The Bertz CT molecular complexity index is 255. The number of hydrazine groups is 1. The fourth-order valence-electron chi connectivity index (χ4n) is 3.33. The molecule has 18 heavy (non-hydrogen) atoms. The summed E-state index contributed by atoms with van der Waals surface area (Å²) in [5, 5.41) is 0. The molecule has 1 unspecified atom stereocenters. The van der Waals surface area contributed by atoms with Crippen LogP contribution in [0.1, 0.15) is 51.4 Å². The standard InChI is InChI=1S/C13H23F3N2/c14-13(15,16)11-6-4-10(5-7-11)12(18-17)8-9-2-1-3-9/h9-12,18H,1-8,17H2. The number of nitrogens with two attached hydrogens (primary N) is 1.